The number of aromatic nitrogens is 1. The van der Waals surface area contributed by atoms with Crippen molar-refractivity contribution in [1.82, 2.24) is 3.97 Å². The lowest BCUT2D eigenvalue weighted by Gasteiger charge is -2.25. The summed E-state index contributed by atoms with van der Waals surface area (Å²) in [7, 11) is -2.09. The van der Waals surface area contributed by atoms with E-state index in [9.17, 15) is 8.42 Å². The van der Waals surface area contributed by atoms with Crippen molar-refractivity contribution in [2.75, 3.05) is 0 Å². The molecule has 15 heavy (non-hydrogen) atoms. The van der Waals surface area contributed by atoms with Gasteiger partial charge in [-0.05, 0) is 18.9 Å². The molecule has 4 nitrogen and oxygen atoms in total. The average molecular weight is 358 g/mol. The van der Waals surface area contributed by atoms with E-state index in [2.05, 4.69) is 21.2 Å². The van der Waals surface area contributed by atoms with Gasteiger partial charge in [0.15, 0.2) is 0 Å². The van der Waals surface area contributed by atoms with E-state index in [1.54, 1.807) is 12.3 Å². The van der Waals surface area contributed by atoms with Crippen LogP contribution in [-0.4, -0.2) is 12.4 Å². The summed E-state index contributed by atoms with van der Waals surface area (Å²) < 4.78 is 24.3. The highest BCUT2D eigenvalue weighted by Crippen LogP contribution is 2.39. The highest BCUT2D eigenvalue weighted by atomic mass is 127. The molecule has 84 valence electrons. The molecule has 0 atom stereocenters. The fraction of sp³-hybridized carbons (Fsp3) is 0.500. The first kappa shape index (κ1) is 11.7. The zero-order chi connectivity index (χ0) is 11.1. The Morgan fingerprint density at radius 3 is 2.60 bits per heavy atom. The molecule has 1 aromatic heterocycles. The van der Waals surface area contributed by atoms with Gasteiger partial charge in [0, 0.05) is 48.1 Å². The Balaban J connectivity index is 2.41. The van der Waals surface area contributed by atoms with Crippen LogP contribution in [0.1, 0.15) is 30.9 Å². The van der Waals surface area contributed by atoms with Gasteiger partial charge >= 0.3 is 0 Å². The largest absolute Gasteiger partial charge is 0.286 e. The molecule has 0 saturated heterocycles. The van der Waals surface area contributed by atoms with Gasteiger partial charge in [0.05, 0.1) is 0 Å². The smallest absolute Gasteiger partial charge is 0.239 e. The lowest BCUT2D eigenvalue weighted by Crippen LogP contribution is -2.11. The van der Waals surface area contributed by atoms with Crippen LogP contribution in [-0.2, 0) is 10.0 Å². The van der Waals surface area contributed by atoms with Crippen molar-refractivity contribution in [1.29, 1.82) is 0 Å². The summed E-state index contributed by atoms with van der Waals surface area (Å²) >= 11 is 2.14. The minimum atomic E-state index is -3.57. The molecule has 1 fully saturated rings. The fourth-order valence-electron chi connectivity index (χ4n) is 1.65. The van der Waals surface area contributed by atoms with Crippen molar-refractivity contribution >= 4 is 40.3 Å². The summed E-state index contributed by atoms with van der Waals surface area (Å²) in [5, 5.41) is 5.10. The summed E-state index contributed by atoms with van der Waals surface area (Å²) in [6, 6.07) is 1.70. The number of hydrogen-bond donors (Lipinski definition) is 1. The fourth-order valence-corrected chi connectivity index (χ4v) is 3.72. The van der Waals surface area contributed by atoms with Crippen LogP contribution in [0.25, 0.3) is 0 Å². The average Bonchev–Trinajstić information content (AvgIpc) is 2.44. The molecule has 0 spiro atoms. The van der Waals surface area contributed by atoms with Crippen LogP contribution < -0.4 is 5.14 Å². The zero-order valence-corrected chi connectivity index (χ0v) is 11.7. The number of primary sulfonamides is 1. The Labute approximate surface area is 105 Å². The molecule has 0 radical (unpaired) electrons. The summed E-state index contributed by atoms with van der Waals surface area (Å²) in [6.07, 6.45) is 5.11. The summed E-state index contributed by atoms with van der Waals surface area (Å²) in [6.45, 7) is 0. The maximum absolute atomic E-state index is 11.2. The Hall–Kier alpha value is 0.270. The third-order valence-corrected chi connectivity index (χ3v) is 5.33. The van der Waals surface area contributed by atoms with Gasteiger partial charge in [0.1, 0.15) is 4.90 Å². The molecule has 1 saturated carbocycles. The molecule has 0 unspecified atom stereocenters. The quantitative estimate of drug-likeness (QED) is 0.843. The number of hydrogen-bond acceptors (Lipinski definition) is 3. The summed E-state index contributed by atoms with van der Waals surface area (Å²) in [5.41, 5.74) is 1.07. The van der Waals surface area contributed by atoms with Gasteiger partial charge in [-0.1, -0.05) is 6.42 Å². The van der Waals surface area contributed by atoms with Crippen molar-refractivity contribution in [3.05, 3.63) is 18.0 Å². The first-order chi connectivity index (χ1) is 7.02. The maximum Gasteiger partial charge on any atom is 0.239 e. The zero-order valence-electron chi connectivity index (χ0n) is 7.89. The van der Waals surface area contributed by atoms with Gasteiger partial charge in [0.25, 0.3) is 0 Å². The van der Waals surface area contributed by atoms with Gasteiger partial charge < -0.3 is 0 Å². The van der Waals surface area contributed by atoms with E-state index in [-0.39, 0.29) is 4.90 Å². The molecule has 1 aliphatic rings. The molecular formula is C8H11IN2O2S2. The summed E-state index contributed by atoms with van der Waals surface area (Å²) in [4.78, 5) is 0.216. The first-order valence-corrected chi connectivity index (χ1v) is 9.43. The highest BCUT2D eigenvalue weighted by molar-refractivity contribution is 14.2. The number of halogens is 1. The van der Waals surface area contributed by atoms with Crippen molar-refractivity contribution in [2.24, 2.45) is 5.14 Å². The maximum atomic E-state index is 11.2. The molecule has 1 aliphatic carbocycles. The van der Waals surface area contributed by atoms with E-state index in [0.717, 1.165) is 18.5 Å². The molecule has 2 N–H and O–H groups in total. The van der Waals surface area contributed by atoms with E-state index < -0.39 is 10.0 Å². The number of rotatable bonds is 3. The number of nitrogens with two attached hydrogens (primary N) is 1. The third-order valence-electron chi connectivity index (χ3n) is 2.72. The van der Waals surface area contributed by atoms with Crippen molar-refractivity contribution in [3.63, 3.8) is 0 Å². The van der Waals surface area contributed by atoms with Crippen molar-refractivity contribution in [2.45, 2.75) is 30.1 Å². The van der Waals surface area contributed by atoms with Crippen molar-refractivity contribution < 1.29 is 8.42 Å². The van der Waals surface area contributed by atoms with E-state index in [1.807, 2.05) is 3.97 Å². The second-order valence-corrected chi connectivity index (χ2v) is 6.94. The van der Waals surface area contributed by atoms with Crippen LogP contribution in [0.4, 0.5) is 0 Å². The van der Waals surface area contributed by atoms with Gasteiger partial charge in [-0.3, -0.25) is 3.97 Å². The van der Waals surface area contributed by atoms with Gasteiger partial charge in [0.2, 0.25) is 10.0 Å². The SMILES string of the molecule is NS(=O)(=O)c1cc(C2CCC2)n(SI)c1. The van der Waals surface area contributed by atoms with Gasteiger partial charge in [-0.25, -0.2) is 13.6 Å². The van der Waals surface area contributed by atoms with Crippen molar-refractivity contribution in [3.8, 4) is 0 Å². The minimum Gasteiger partial charge on any atom is -0.286 e. The lowest BCUT2D eigenvalue weighted by atomic mass is 9.83. The van der Waals surface area contributed by atoms with Crippen LogP contribution in [0.5, 0.6) is 0 Å². The Morgan fingerprint density at radius 1 is 1.53 bits per heavy atom. The molecule has 0 aromatic carbocycles. The Morgan fingerprint density at radius 2 is 2.20 bits per heavy atom. The Bertz CT molecular complexity index is 465. The molecule has 2 rings (SSSR count). The van der Waals surface area contributed by atoms with Crippen LogP contribution in [0.2, 0.25) is 0 Å². The molecule has 1 heterocycles. The molecular weight excluding hydrogens is 347 g/mol. The van der Waals surface area contributed by atoms with Crippen LogP contribution in [0, 0.1) is 0 Å². The van der Waals surface area contributed by atoms with E-state index in [4.69, 9.17) is 5.14 Å². The predicted molar refractivity (Wildman–Crippen MR) is 69.4 cm³/mol. The molecule has 0 bridgehead atoms. The normalized spacial score (nSPS) is 17.7. The second-order valence-electron chi connectivity index (χ2n) is 3.67. The predicted octanol–water partition coefficient (Wildman–Crippen LogP) is 2.25. The van der Waals surface area contributed by atoms with Gasteiger partial charge in [-0.15, -0.1) is 0 Å². The number of sulfonamides is 1. The van der Waals surface area contributed by atoms with Crippen LogP contribution in [0.15, 0.2) is 17.2 Å². The molecule has 0 amide bonds. The van der Waals surface area contributed by atoms with Crippen LogP contribution in [0.3, 0.4) is 0 Å². The summed E-state index contributed by atoms with van der Waals surface area (Å²) in [5.74, 6) is 0.503. The first-order valence-electron chi connectivity index (χ1n) is 4.56. The third kappa shape index (κ3) is 2.34. The van der Waals surface area contributed by atoms with E-state index in [1.165, 1.54) is 15.5 Å². The minimum absolute atomic E-state index is 0.216. The molecule has 0 aliphatic heterocycles. The van der Waals surface area contributed by atoms with Crippen LogP contribution >= 0.6 is 30.3 Å². The monoisotopic (exact) mass is 358 g/mol. The van der Waals surface area contributed by atoms with E-state index >= 15 is 0 Å². The topological polar surface area (TPSA) is 65.1 Å². The second kappa shape index (κ2) is 4.27. The standard InChI is InChI=1S/C8H11IN2O2S2/c9-14-11-5-7(15(10,12)13)4-8(11)6-2-1-3-6/h4-6H,1-3H2,(H2,10,12,13). The van der Waals surface area contributed by atoms with E-state index in [0.29, 0.717) is 5.92 Å². The molecule has 1 aromatic rings. The Kier molecular flexibility index (Phi) is 3.34. The lowest BCUT2D eigenvalue weighted by molar-refractivity contribution is 0.410. The highest BCUT2D eigenvalue weighted by Gasteiger charge is 2.25. The number of nitrogens with zero attached hydrogens (tertiary/aromatic N) is 1. The van der Waals surface area contributed by atoms with Gasteiger partial charge in [-0.2, -0.15) is 0 Å². The molecule has 7 heteroatoms.